The minimum Gasteiger partial charge on any atom is -0.322 e. The monoisotopic (exact) mass is 383 g/mol. The lowest BCUT2D eigenvalue weighted by molar-refractivity contribution is -0.137. The van der Waals surface area contributed by atoms with E-state index in [1.807, 2.05) is 0 Å². The van der Waals surface area contributed by atoms with E-state index in [1.165, 1.54) is 12.1 Å². The molecule has 2 unspecified atom stereocenters. The highest BCUT2D eigenvalue weighted by atomic mass is 19.4. The summed E-state index contributed by atoms with van der Waals surface area (Å²) in [7, 11) is 0. The van der Waals surface area contributed by atoms with Crippen molar-refractivity contribution in [3.63, 3.8) is 0 Å². The molecule has 0 saturated heterocycles. The zero-order chi connectivity index (χ0) is 19.5. The Kier molecular flexibility index (Phi) is 3.69. The van der Waals surface area contributed by atoms with E-state index < -0.39 is 17.6 Å². The van der Waals surface area contributed by atoms with E-state index in [9.17, 15) is 18.0 Å². The first-order valence-corrected chi connectivity index (χ1v) is 9.19. The molecule has 1 fully saturated rings. The zero-order valence-electron chi connectivity index (χ0n) is 14.8. The van der Waals surface area contributed by atoms with E-state index in [4.69, 9.17) is 9.97 Å². The maximum atomic E-state index is 12.8. The van der Waals surface area contributed by atoms with Crippen LogP contribution in [0.15, 0.2) is 42.5 Å². The molecular weight excluding hydrogens is 367 g/mol. The third-order valence-electron chi connectivity index (χ3n) is 5.64. The van der Waals surface area contributed by atoms with Crippen LogP contribution in [0, 0.1) is 0 Å². The first-order valence-electron chi connectivity index (χ1n) is 9.19. The van der Waals surface area contributed by atoms with Crippen molar-refractivity contribution in [3.05, 3.63) is 65.0 Å². The summed E-state index contributed by atoms with van der Waals surface area (Å²) in [5, 5.41) is 2.53. The fraction of sp³-hybridized carbons (Fsp3) is 0.286. The van der Waals surface area contributed by atoms with Crippen LogP contribution in [0.5, 0.6) is 0 Å². The lowest BCUT2D eigenvalue weighted by Gasteiger charge is -2.14. The smallest absolute Gasteiger partial charge is 0.322 e. The number of hydrogen-bond donors (Lipinski definition) is 1. The van der Waals surface area contributed by atoms with Gasteiger partial charge in [0.25, 0.3) is 5.91 Å². The fourth-order valence-corrected chi connectivity index (χ4v) is 4.28. The number of nitrogens with one attached hydrogen (secondary N) is 1. The van der Waals surface area contributed by atoms with Crippen LogP contribution in [0.4, 0.5) is 18.9 Å². The standard InChI is InChI=1S/C21H16F3N3O/c22-21(23,24)14-2-1-3-15(10-14)25-20(28)13-6-7-16-17(9-13)27-19-12-5-4-11(8-12)18(19)26-16/h1-3,6-7,9-12H,4-5,8H2,(H,25,28). The average Bonchev–Trinajstić information content (AvgIpc) is 3.28. The van der Waals surface area contributed by atoms with Crippen molar-refractivity contribution in [1.29, 1.82) is 0 Å². The van der Waals surface area contributed by atoms with Crippen LogP contribution in [0.2, 0.25) is 0 Å². The summed E-state index contributed by atoms with van der Waals surface area (Å²) >= 11 is 0. The molecule has 2 aliphatic rings. The number of aromatic nitrogens is 2. The van der Waals surface area contributed by atoms with Crippen LogP contribution in [-0.4, -0.2) is 15.9 Å². The van der Waals surface area contributed by atoms with E-state index in [2.05, 4.69) is 5.32 Å². The van der Waals surface area contributed by atoms with E-state index in [-0.39, 0.29) is 5.69 Å². The molecule has 0 aliphatic heterocycles. The molecular formula is C21H16F3N3O. The van der Waals surface area contributed by atoms with E-state index in [1.54, 1.807) is 18.2 Å². The summed E-state index contributed by atoms with van der Waals surface area (Å²) in [6.45, 7) is 0. The summed E-state index contributed by atoms with van der Waals surface area (Å²) in [5.74, 6) is 0.477. The van der Waals surface area contributed by atoms with Gasteiger partial charge >= 0.3 is 6.18 Å². The molecule has 4 nitrogen and oxygen atoms in total. The molecule has 2 bridgehead atoms. The highest BCUT2D eigenvalue weighted by Gasteiger charge is 2.39. The average molecular weight is 383 g/mol. The summed E-state index contributed by atoms with van der Waals surface area (Å²) in [6, 6.07) is 9.60. The molecule has 2 aromatic carbocycles. The molecule has 5 rings (SSSR count). The van der Waals surface area contributed by atoms with Crippen molar-refractivity contribution in [2.75, 3.05) is 5.32 Å². The molecule has 1 aromatic heterocycles. The second-order valence-corrected chi connectivity index (χ2v) is 7.44. The highest BCUT2D eigenvalue weighted by molar-refractivity contribution is 6.05. The molecule has 7 heteroatoms. The Hall–Kier alpha value is -2.96. The molecule has 142 valence electrons. The second kappa shape index (κ2) is 6.02. The number of anilines is 1. The van der Waals surface area contributed by atoms with Gasteiger partial charge in [-0.05, 0) is 55.7 Å². The van der Waals surface area contributed by atoms with Crippen LogP contribution in [0.3, 0.4) is 0 Å². The Morgan fingerprint density at radius 3 is 2.39 bits per heavy atom. The number of halogens is 3. The maximum Gasteiger partial charge on any atom is 0.416 e. The summed E-state index contributed by atoms with van der Waals surface area (Å²) in [4.78, 5) is 22.0. The van der Waals surface area contributed by atoms with Gasteiger partial charge in [-0.1, -0.05) is 6.07 Å². The zero-order valence-corrected chi connectivity index (χ0v) is 14.8. The van der Waals surface area contributed by atoms with Crippen molar-refractivity contribution in [1.82, 2.24) is 9.97 Å². The number of alkyl halides is 3. The predicted octanol–water partition coefficient (Wildman–Crippen LogP) is 5.27. The van der Waals surface area contributed by atoms with Crippen molar-refractivity contribution in [3.8, 4) is 0 Å². The van der Waals surface area contributed by atoms with Gasteiger partial charge in [0.1, 0.15) is 0 Å². The molecule has 1 saturated carbocycles. The normalized spacial score (nSPS) is 20.4. The molecule has 2 atom stereocenters. The van der Waals surface area contributed by atoms with Crippen LogP contribution in [0.25, 0.3) is 11.0 Å². The van der Waals surface area contributed by atoms with E-state index in [0.29, 0.717) is 22.9 Å². The number of carbonyl (C=O) groups excluding carboxylic acids is 1. The lowest BCUT2D eigenvalue weighted by Crippen LogP contribution is -2.13. The quantitative estimate of drug-likeness (QED) is 0.656. The Bertz CT molecular complexity index is 1110. The number of rotatable bonds is 2. The van der Waals surface area contributed by atoms with E-state index in [0.717, 1.165) is 48.3 Å². The maximum absolute atomic E-state index is 12.8. The fourth-order valence-electron chi connectivity index (χ4n) is 4.28. The molecule has 0 radical (unpaired) electrons. The third-order valence-corrected chi connectivity index (χ3v) is 5.64. The van der Waals surface area contributed by atoms with Gasteiger partial charge in [0.05, 0.1) is 28.0 Å². The number of hydrogen-bond acceptors (Lipinski definition) is 3. The van der Waals surface area contributed by atoms with Gasteiger partial charge in [-0.3, -0.25) is 4.79 Å². The molecule has 0 spiro atoms. The molecule has 1 heterocycles. The topological polar surface area (TPSA) is 54.9 Å². The summed E-state index contributed by atoms with van der Waals surface area (Å²) in [5.41, 5.74) is 3.13. The van der Waals surface area contributed by atoms with Crippen molar-refractivity contribution in [2.24, 2.45) is 0 Å². The predicted molar refractivity (Wildman–Crippen MR) is 98.3 cm³/mol. The van der Waals surface area contributed by atoms with Gasteiger partial charge in [-0.25, -0.2) is 9.97 Å². The summed E-state index contributed by atoms with van der Waals surface area (Å²) in [6.07, 6.45) is -1.06. The van der Waals surface area contributed by atoms with Gasteiger partial charge in [0.2, 0.25) is 0 Å². The molecule has 28 heavy (non-hydrogen) atoms. The Morgan fingerprint density at radius 2 is 1.68 bits per heavy atom. The SMILES string of the molecule is O=C(Nc1cccc(C(F)(F)F)c1)c1ccc2nc3c(nc2c1)C1CCC3C1. The minimum atomic E-state index is -4.46. The van der Waals surface area contributed by atoms with Gasteiger partial charge in [0, 0.05) is 23.1 Å². The largest absolute Gasteiger partial charge is 0.416 e. The molecule has 1 amide bonds. The third kappa shape index (κ3) is 2.82. The Balaban J connectivity index is 1.44. The number of nitrogens with zero attached hydrogens (tertiary/aromatic N) is 2. The first kappa shape index (κ1) is 17.2. The Labute approximate surface area is 158 Å². The number of amides is 1. The van der Waals surface area contributed by atoms with Gasteiger partial charge in [-0.15, -0.1) is 0 Å². The van der Waals surface area contributed by atoms with Gasteiger partial charge < -0.3 is 5.32 Å². The second-order valence-electron chi connectivity index (χ2n) is 7.44. The lowest BCUT2D eigenvalue weighted by atomic mass is 10.00. The van der Waals surface area contributed by atoms with Gasteiger partial charge in [-0.2, -0.15) is 13.2 Å². The van der Waals surface area contributed by atoms with E-state index >= 15 is 0 Å². The van der Waals surface area contributed by atoms with Gasteiger partial charge in [0.15, 0.2) is 0 Å². The molecule has 3 aromatic rings. The summed E-state index contributed by atoms with van der Waals surface area (Å²) < 4.78 is 38.5. The van der Waals surface area contributed by atoms with Crippen molar-refractivity contribution >= 4 is 22.6 Å². The number of benzene rings is 2. The first-order chi connectivity index (χ1) is 13.4. The molecule has 2 aliphatic carbocycles. The van der Waals surface area contributed by atoms with Crippen LogP contribution in [0.1, 0.15) is 58.4 Å². The van der Waals surface area contributed by atoms with Crippen molar-refractivity contribution < 1.29 is 18.0 Å². The van der Waals surface area contributed by atoms with Crippen LogP contribution < -0.4 is 5.32 Å². The van der Waals surface area contributed by atoms with Crippen LogP contribution >= 0.6 is 0 Å². The minimum absolute atomic E-state index is 0.0947. The Morgan fingerprint density at radius 1 is 0.964 bits per heavy atom. The highest BCUT2D eigenvalue weighted by Crippen LogP contribution is 2.51. The number of fused-ring (bicyclic) bond motifs is 6. The molecule has 1 N–H and O–H groups in total. The van der Waals surface area contributed by atoms with Crippen LogP contribution in [-0.2, 0) is 6.18 Å². The number of carbonyl (C=O) groups is 1. The van der Waals surface area contributed by atoms with Crippen molar-refractivity contribution in [2.45, 2.75) is 37.3 Å².